The number of carbonyl (C=O) groups excluding carboxylic acids is 1. The van der Waals surface area contributed by atoms with Gasteiger partial charge in [-0.25, -0.2) is 5.43 Å². The summed E-state index contributed by atoms with van der Waals surface area (Å²) in [6, 6.07) is 18.7. The van der Waals surface area contributed by atoms with Crippen LogP contribution in [0.1, 0.15) is 15.9 Å². The summed E-state index contributed by atoms with van der Waals surface area (Å²) in [5, 5.41) is 6.16. The average Bonchev–Trinajstić information content (AvgIpc) is 2.68. The Morgan fingerprint density at radius 2 is 1.84 bits per heavy atom. The molecule has 25 heavy (non-hydrogen) atoms. The van der Waals surface area contributed by atoms with Crippen molar-refractivity contribution in [3.05, 3.63) is 71.8 Å². The molecule has 0 saturated carbocycles. The Labute approximate surface area is 145 Å². The summed E-state index contributed by atoms with van der Waals surface area (Å²) in [5.41, 5.74) is 3.82. The first-order valence-electron chi connectivity index (χ1n) is 7.76. The SMILES string of the molecule is COc1cccc(C(=O)N/N=C\c2c(OC)ccc3ccccc23)c1. The van der Waals surface area contributed by atoms with Gasteiger partial charge in [-0.2, -0.15) is 5.10 Å². The van der Waals surface area contributed by atoms with E-state index in [0.29, 0.717) is 17.1 Å². The van der Waals surface area contributed by atoms with E-state index in [2.05, 4.69) is 10.5 Å². The standard InChI is InChI=1S/C20H18N2O3/c1-24-16-8-5-7-15(12-16)20(23)22-21-13-18-17-9-4-3-6-14(17)10-11-19(18)25-2/h3-13H,1-2H3,(H,22,23)/b21-13-. The molecule has 3 aromatic carbocycles. The van der Waals surface area contributed by atoms with Gasteiger partial charge in [0.2, 0.25) is 0 Å². The van der Waals surface area contributed by atoms with Crippen molar-refractivity contribution in [2.75, 3.05) is 14.2 Å². The third kappa shape index (κ3) is 3.61. The maximum absolute atomic E-state index is 12.2. The molecular formula is C20H18N2O3. The van der Waals surface area contributed by atoms with Crippen LogP contribution in [0.15, 0.2) is 65.8 Å². The van der Waals surface area contributed by atoms with Gasteiger partial charge < -0.3 is 9.47 Å². The van der Waals surface area contributed by atoms with E-state index in [1.807, 2.05) is 36.4 Å². The van der Waals surface area contributed by atoms with Gasteiger partial charge in [0, 0.05) is 11.1 Å². The number of fused-ring (bicyclic) bond motifs is 1. The maximum Gasteiger partial charge on any atom is 0.271 e. The summed E-state index contributed by atoms with van der Waals surface area (Å²) in [4.78, 5) is 12.2. The van der Waals surface area contributed by atoms with E-state index in [9.17, 15) is 4.79 Å². The van der Waals surface area contributed by atoms with Crippen LogP contribution in [0.3, 0.4) is 0 Å². The number of ether oxygens (including phenoxy) is 2. The molecule has 0 heterocycles. The number of amides is 1. The molecule has 3 aromatic rings. The highest BCUT2D eigenvalue weighted by Gasteiger charge is 2.07. The van der Waals surface area contributed by atoms with Gasteiger partial charge in [-0.3, -0.25) is 4.79 Å². The molecule has 0 spiro atoms. The number of carbonyl (C=O) groups is 1. The van der Waals surface area contributed by atoms with Crippen LogP contribution >= 0.6 is 0 Å². The van der Waals surface area contributed by atoms with Crippen LogP contribution in [0.5, 0.6) is 11.5 Å². The number of nitrogens with one attached hydrogen (secondary N) is 1. The Balaban J connectivity index is 1.84. The highest BCUT2D eigenvalue weighted by molar-refractivity contribution is 6.03. The molecule has 0 atom stereocenters. The van der Waals surface area contributed by atoms with Crippen LogP contribution in [-0.4, -0.2) is 26.3 Å². The Morgan fingerprint density at radius 3 is 2.64 bits per heavy atom. The van der Waals surface area contributed by atoms with Crippen LogP contribution in [0.25, 0.3) is 10.8 Å². The highest BCUT2D eigenvalue weighted by Crippen LogP contribution is 2.26. The van der Waals surface area contributed by atoms with E-state index in [0.717, 1.165) is 16.3 Å². The zero-order chi connectivity index (χ0) is 17.6. The van der Waals surface area contributed by atoms with Crippen LogP contribution in [0.2, 0.25) is 0 Å². The van der Waals surface area contributed by atoms with Crippen LogP contribution in [0.4, 0.5) is 0 Å². The third-order valence-electron chi connectivity index (χ3n) is 3.84. The monoisotopic (exact) mass is 334 g/mol. The number of nitrogens with zero attached hydrogens (tertiary/aromatic N) is 1. The fourth-order valence-electron chi connectivity index (χ4n) is 2.57. The van der Waals surface area contributed by atoms with Crippen molar-refractivity contribution in [3.8, 4) is 11.5 Å². The molecule has 1 N–H and O–H groups in total. The van der Waals surface area contributed by atoms with E-state index >= 15 is 0 Å². The van der Waals surface area contributed by atoms with Gasteiger partial charge in [-0.05, 0) is 35.0 Å². The first-order valence-corrected chi connectivity index (χ1v) is 7.76. The zero-order valence-corrected chi connectivity index (χ0v) is 14.0. The molecule has 0 aromatic heterocycles. The second-order valence-corrected chi connectivity index (χ2v) is 5.33. The topological polar surface area (TPSA) is 59.9 Å². The lowest BCUT2D eigenvalue weighted by Gasteiger charge is -2.08. The van der Waals surface area contributed by atoms with E-state index < -0.39 is 0 Å². The van der Waals surface area contributed by atoms with E-state index in [4.69, 9.17) is 9.47 Å². The number of hydrogen-bond acceptors (Lipinski definition) is 4. The molecule has 0 unspecified atom stereocenters. The molecule has 0 aliphatic rings. The normalized spacial score (nSPS) is 10.8. The third-order valence-corrected chi connectivity index (χ3v) is 3.84. The number of rotatable bonds is 5. The molecule has 5 heteroatoms. The molecule has 0 bridgehead atoms. The lowest BCUT2D eigenvalue weighted by Crippen LogP contribution is -2.17. The van der Waals surface area contributed by atoms with Crippen molar-refractivity contribution in [2.24, 2.45) is 5.10 Å². The number of methoxy groups -OCH3 is 2. The largest absolute Gasteiger partial charge is 0.497 e. The maximum atomic E-state index is 12.2. The molecular weight excluding hydrogens is 316 g/mol. The Bertz CT molecular complexity index is 935. The van der Waals surface area contributed by atoms with Gasteiger partial charge in [0.1, 0.15) is 11.5 Å². The smallest absolute Gasteiger partial charge is 0.271 e. The Hall–Kier alpha value is -3.34. The minimum atomic E-state index is -0.311. The minimum absolute atomic E-state index is 0.311. The molecule has 1 amide bonds. The number of benzene rings is 3. The number of hydrogen-bond donors (Lipinski definition) is 1. The van der Waals surface area contributed by atoms with Crippen molar-refractivity contribution in [1.29, 1.82) is 0 Å². The van der Waals surface area contributed by atoms with Gasteiger partial charge in [0.05, 0.1) is 20.4 Å². The van der Waals surface area contributed by atoms with E-state index in [-0.39, 0.29) is 5.91 Å². The Kier molecular flexibility index (Phi) is 4.95. The summed E-state index contributed by atoms with van der Waals surface area (Å²) in [6.07, 6.45) is 1.60. The first-order chi connectivity index (χ1) is 12.2. The minimum Gasteiger partial charge on any atom is -0.497 e. The fourth-order valence-corrected chi connectivity index (χ4v) is 2.57. The molecule has 5 nitrogen and oxygen atoms in total. The summed E-state index contributed by atoms with van der Waals surface area (Å²) >= 11 is 0. The zero-order valence-electron chi connectivity index (χ0n) is 14.0. The van der Waals surface area contributed by atoms with Crippen molar-refractivity contribution >= 4 is 22.9 Å². The lowest BCUT2D eigenvalue weighted by molar-refractivity contribution is 0.0955. The van der Waals surface area contributed by atoms with Crippen LogP contribution in [-0.2, 0) is 0 Å². The van der Waals surface area contributed by atoms with Gasteiger partial charge in [0.15, 0.2) is 0 Å². The summed E-state index contributed by atoms with van der Waals surface area (Å²) in [7, 11) is 3.16. The summed E-state index contributed by atoms with van der Waals surface area (Å²) in [6.45, 7) is 0. The Morgan fingerprint density at radius 1 is 1.00 bits per heavy atom. The van der Waals surface area contributed by atoms with E-state index in [1.165, 1.54) is 0 Å². The average molecular weight is 334 g/mol. The van der Waals surface area contributed by atoms with Crippen LogP contribution in [0, 0.1) is 0 Å². The molecule has 0 aliphatic carbocycles. The fraction of sp³-hybridized carbons (Fsp3) is 0.100. The predicted molar refractivity (Wildman–Crippen MR) is 98.6 cm³/mol. The van der Waals surface area contributed by atoms with Crippen LogP contribution < -0.4 is 14.9 Å². The van der Waals surface area contributed by atoms with Gasteiger partial charge in [-0.15, -0.1) is 0 Å². The van der Waals surface area contributed by atoms with Crippen molar-refractivity contribution < 1.29 is 14.3 Å². The van der Waals surface area contributed by atoms with Gasteiger partial charge >= 0.3 is 0 Å². The summed E-state index contributed by atoms with van der Waals surface area (Å²) in [5.74, 6) is 1.000. The quantitative estimate of drug-likeness (QED) is 0.573. The van der Waals surface area contributed by atoms with Gasteiger partial charge in [0.25, 0.3) is 5.91 Å². The molecule has 0 fully saturated rings. The van der Waals surface area contributed by atoms with Crippen molar-refractivity contribution in [1.82, 2.24) is 5.43 Å². The number of hydrazone groups is 1. The molecule has 126 valence electrons. The summed E-state index contributed by atoms with van der Waals surface area (Å²) < 4.78 is 10.5. The second kappa shape index (κ2) is 7.49. The van der Waals surface area contributed by atoms with Gasteiger partial charge in [-0.1, -0.05) is 36.4 Å². The first kappa shape index (κ1) is 16.5. The van der Waals surface area contributed by atoms with Crippen molar-refractivity contribution in [3.63, 3.8) is 0 Å². The predicted octanol–water partition coefficient (Wildman–Crippen LogP) is 3.62. The van der Waals surface area contributed by atoms with E-state index in [1.54, 1.807) is 44.7 Å². The van der Waals surface area contributed by atoms with Crippen molar-refractivity contribution in [2.45, 2.75) is 0 Å². The molecule has 0 radical (unpaired) electrons. The molecule has 0 aliphatic heterocycles. The molecule has 3 rings (SSSR count). The second-order valence-electron chi connectivity index (χ2n) is 5.33. The molecule has 0 saturated heterocycles. The highest BCUT2D eigenvalue weighted by atomic mass is 16.5. The lowest BCUT2D eigenvalue weighted by atomic mass is 10.0.